The molecule has 1 atom stereocenters. The minimum atomic E-state index is -3.78. The molecule has 18 heavy (non-hydrogen) atoms. The van der Waals surface area contributed by atoms with Crippen LogP contribution in [0.2, 0.25) is 0 Å². The van der Waals surface area contributed by atoms with Crippen molar-refractivity contribution in [2.24, 2.45) is 0 Å². The van der Waals surface area contributed by atoms with Crippen LogP contribution in [0.4, 0.5) is 5.13 Å². The molecule has 0 saturated carbocycles. The van der Waals surface area contributed by atoms with E-state index in [9.17, 15) is 13.2 Å². The predicted molar refractivity (Wildman–Crippen MR) is 66.4 cm³/mol. The summed E-state index contributed by atoms with van der Waals surface area (Å²) in [5, 5.41) is 15.8. The third-order valence-electron chi connectivity index (χ3n) is 1.79. The number of nitrogens with zero attached hydrogens (tertiary/aromatic N) is 2. The van der Waals surface area contributed by atoms with Gasteiger partial charge in [0.05, 0.1) is 6.07 Å². The van der Waals surface area contributed by atoms with E-state index in [-0.39, 0.29) is 5.13 Å². The Bertz CT molecular complexity index is 612. The van der Waals surface area contributed by atoms with Crippen LogP contribution < -0.4 is 4.72 Å². The van der Waals surface area contributed by atoms with Crippen LogP contribution in [0.5, 0.6) is 0 Å². The molecule has 9 heteroatoms. The number of aromatic nitrogens is 1. The van der Waals surface area contributed by atoms with E-state index in [1.807, 2.05) is 0 Å². The van der Waals surface area contributed by atoms with Crippen LogP contribution in [0.25, 0.3) is 6.08 Å². The Balaban J connectivity index is 2.83. The van der Waals surface area contributed by atoms with Crippen LogP contribution in [0, 0.1) is 11.3 Å². The second-order valence-corrected chi connectivity index (χ2v) is 6.22. The predicted octanol–water partition coefficient (Wildman–Crippen LogP) is 0.895. The van der Waals surface area contributed by atoms with Gasteiger partial charge in [0.25, 0.3) is 10.0 Å². The summed E-state index contributed by atoms with van der Waals surface area (Å²) in [6, 6.07) is 1.61. The minimum absolute atomic E-state index is 0.0853. The van der Waals surface area contributed by atoms with Crippen LogP contribution in [0.15, 0.2) is 12.3 Å². The molecule has 7 nitrogen and oxygen atoms in total. The quantitative estimate of drug-likeness (QED) is 0.776. The van der Waals surface area contributed by atoms with Gasteiger partial charge < -0.3 is 5.11 Å². The topological polar surface area (TPSA) is 120 Å². The molecule has 0 aliphatic carbocycles. The van der Waals surface area contributed by atoms with Gasteiger partial charge in [-0.1, -0.05) is 11.3 Å². The van der Waals surface area contributed by atoms with E-state index in [1.54, 1.807) is 6.07 Å². The lowest BCUT2D eigenvalue weighted by Crippen LogP contribution is -2.23. The van der Waals surface area contributed by atoms with Crippen molar-refractivity contribution in [2.45, 2.75) is 12.2 Å². The molecule has 0 aromatic carbocycles. The molecule has 0 amide bonds. The number of carbonyl (C=O) groups is 1. The Kier molecular flexibility index (Phi) is 4.41. The summed E-state index contributed by atoms with van der Waals surface area (Å²) < 4.78 is 25.2. The maximum Gasteiger partial charge on any atom is 0.328 e. The smallest absolute Gasteiger partial charge is 0.328 e. The molecule has 0 spiro atoms. The van der Waals surface area contributed by atoms with Gasteiger partial charge in [-0.2, -0.15) is 5.26 Å². The summed E-state index contributed by atoms with van der Waals surface area (Å²) >= 11 is 0.969. The second-order valence-electron chi connectivity index (χ2n) is 3.16. The Hall–Kier alpha value is -1.92. The summed E-state index contributed by atoms with van der Waals surface area (Å²) in [5.41, 5.74) is 0. The van der Waals surface area contributed by atoms with E-state index in [0.29, 0.717) is 4.88 Å². The van der Waals surface area contributed by atoms with E-state index >= 15 is 0 Å². The summed E-state index contributed by atoms with van der Waals surface area (Å²) in [5.74, 6) is -1.11. The largest absolute Gasteiger partial charge is 0.478 e. The minimum Gasteiger partial charge on any atom is -0.478 e. The number of nitrogens with one attached hydrogen (secondary N) is 1. The van der Waals surface area contributed by atoms with Gasteiger partial charge in [0.1, 0.15) is 0 Å². The summed E-state index contributed by atoms with van der Waals surface area (Å²) in [4.78, 5) is 14.5. The lowest BCUT2D eigenvalue weighted by molar-refractivity contribution is -0.131. The van der Waals surface area contributed by atoms with Gasteiger partial charge in [-0.3, -0.25) is 4.72 Å². The van der Waals surface area contributed by atoms with Gasteiger partial charge in [0.15, 0.2) is 10.4 Å². The molecule has 0 fully saturated rings. The monoisotopic (exact) mass is 287 g/mol. The van der Waals surface area contributed by atoms with Gasteiger partial charge in [0.2, 0.25) is 0 Å². The molecule has 0 aliphatic rings. The fourth-order valence-corrected chi connectivity index (χ4v) is 2.54. The number of carboxylic acid groups (broad SMARTS) is 1. The lowest BCUT2D eigenvalue weighted by atomic mass is 10.4. The number of thiazole rings is 1. The van der Waals surface area contributed by atoms with Crippen LogP contribution in [-0.4, -0.2) is 29.7 Å². The average molecular weight is 287 g/mol. The Morgan fingerprint density at radius 2 is 2.39 bits per heavy atom. The lowest BCUT2D eigenvalue weighted by Gasteiger charge is -2.05. The number of sulfonamides is 1. The number of nitriles is 1. The molecule has 0 radical (unpaired) electrons. The molecule has 0 saturated heterocycles. The molecule has 1 heterocycles. The van der Waals surface area contributed by atoms with Gasteiger partial charge in [-0.25, -0.2) is 18.2 Å². The highest BCUT2D eigenvalue weighted by molar-refractivity contribution is 7.93. The molecular weight excluding hydrogens is 278 g/mol. The number of hydrogen-bond donors (Lipinski definition) is 2. The zero-order valence-corrected chi connectivity index (χ0v) is 10.8. The molecule has 1 unspecified atom stereocenters. The second kappa shape index (κ2) is 5.61. The Labute approximate surface area is 107 Å². The van der Waals surface area contributed by atoms with Crippen molar-refractivity contribution in [3.05, 3.63) is 17.2 Å². The van der Waals surface area contributed by atoms with Crippen molar-refractivity contribution in [1.29, 1.82) is 5.26 Å². The first-order valence-corrected chi connectivity index (χ1v) is 6.99. The van der Waals surface area contributed by atoms with Crippen LogP contribution >= 0.6 is 11.3 Å². The van der Waals surface area contributed by atoms with Crippen LogP contribution in [0.1, 0.15) is 11.8 Å². The molecule has 1 aromatic heterocycles. The molecule has 0 aliphatic heterocycles. The number of hydrogen-bond acceptors (Lipinski definition) is 6. The fourth-order valence-electron chi connectivity index (χ4n) is 0.844. The van der Waals surface area contributed by atoms with Crippen molar-refractivity contribution in [1.82, 2.24) is 4.98 Å². The zero-order valence-electron chi connectivity index (χ0n) is 9.19. The summed E-state index contributed by atoms with van der Waals surface area (Å²) in [6.45, 7) is 1.25. The Morgan fingerprint density at radius 3 is 2.94 bits per heavy atom. The normalized spacial score (nSPS) is 13.1. The molecule has 0 bridgehead atoms. The van der Waals surface area contributed by atoms with E-state index < -0.39 is 21.2 Å². The standard InChI is InChI=1S/C9H9N3O4S2/c1-6(4-10)18(15,16)12-9-11-5-7(17-9)2-3-8(13)14/h2-3,5-6H,1H3,(H,11,12)(H,13,14). The van der Waals surface area contributed by atoms with E-state index in [2.05, 4.69) is 9.71 Å². The fraction of sp³-hybridized carbons (Fsp3) is 0.222. The van der Waals surface area contributed by atoms with Crippen LogP contribution in [-0.2, 0) is 14.8 Å². The van der Waals surface area contributed by atoms with Crippen molar-refractivity contribution < 1.29 is 18.3 Å². The van der Waals surface area contributed by atoms with Crippen molar-refractivity contribution >= 4 is 38.5 Å². The molecule has 1 rings (SSSR count). The van der Waals surface area contributed by atoms with Gasteiger partial charge in [-0.15, -0.1) is 0 Å². The molecule has 1 aromatic rings. The van der Waals surface area contributed by atoms with Crippen molar-refractivity contribution in [3.63, 3.8) is 0 Å². The van der Waals surface area contributed by atoms with Crippen molar-refractivity contribution in [3.8, 4) is 6.07 Å². The maximum absolute atomic E-state index is 11.5. The first-order valence-electron chi connectivity index (χ1n) is 4.63. The van der Waals surface area contributed by atoms with Crippen LogP contribution in [0.3, 0.4) is 0 Å². The number of anilines is 1. The summed E-state index contributed by atoms with van der Waals surface area (Å²) in [6.07, 6.45) is 3.55. The Morgan fingerprint density at radius 1 is 1.72 bits per heavy atom. The van der Waals surface area contributed by atoms with Gasteiger partial charge >= 0.3 is 5.97 Å². The van der Waals surface area contributed by atoms with Gasteiger partial charge in [-0.05, 0) is 13.0 Å². The first-order chi connectivity index (χ1) is 8.35. The molecule has 96 valence electrons. The number of rotatable bonds is 5. The first kappa shape index (κ1) is 14.1. The highest BCUT2D eigenvalue weighted by Crippen LogP contribution is 2.21. The van der Waals surface area contributed by atoms with Crippen molar-refractivity contribution in [2.75, 3.05) is 4.72 Å². The number of aliphatic carboxylic acids is 1. The highest BCUT2D eigenvalue weighted by atomic mass is 32.2. The highest BCUT2D eigenvalue weighted by Gasteiger charge is 2.21. The third-order valence-corrected chi connectivity index (χ3v) is 4.31. The number of carboxylic acids is 1. The molecular formula is C9H9N3O4S2. The van der Waals surface area contributed by atoms with Gasteiger partial charge in [0, 0.05) is 17.2 Å². The average Bonchev–Trinajstić information content (AvgIpc) is 2.72. The SMILES string of the molecule is CC(C#N)S(=O)(=O)Nc1ncc(C=CC(=O)O)s1. The van der Waals surface area contributed by atoms with E-state index in [0.717, 1.165) is 17.4 Å². The summed E-state index contributed by atoms with van der Waals surface area (Å²) in [7, 11) is -3.78. The third kappa shape index (κ3) is 3.83. The molecule has 2 N–H and O–H groups in total. The van der Waals surface area contributed by atoms with E-state index in [1.165, 1.54) is 19.2 Å². The maximum atomic E-state index is 11.5. The van der Waals surface area contributed by atoms with E-state index in [4.69, 9.17) is 10.4 Å². The zero-order chi connectivity index (χ0) is 13.8.